The molecule has 0 bridgehead atoms. The summed E-state index contributed by atoms with van der Waals surface area (Å²) in [5, 5.41) is 15.2. The Morgan fingerprint density at radius 2 is 1.71 bits per heavy atom. The lowest BCUT2D eigenvalue weighted by Gasteiger charge is -2.34. The van der Waals surface area contributed by atoms with E-state index >= 15 is 4.39 Å². The van der Waals surface area contributed by atoms with E-state index in [2.05, 4.69) is 40.5 Å². The van der Waals surface area contributed by atoms with E-state index in [4.69, 9.17) is 5.21 Å². The average molecular weight is 615 g/mol. The minimum atomic E-state index is -0.672. The third-order valence-corrected chi connectivity index (χ3v) is 7.79. The van der Waals surface area contributed by atoms with Gasteiger partial charge in [0, 0.05) is 36.9 Å². The third-order valence-electron chi connectivity index (χ3n) is 7.79. The number of anilines is 4. The van der Waals surface area contributed by atoms with E-state index in [1.165, 1.54) is 12.3 Å². The smallest absolute Gasteiger partial charge is 0.276 e. The molecular formula is C31H32F2N10O2. The summed E-state index contributed by atoms with van der Waals surface area (Å²) in [6.07, 6.45) is 5.96. The number of nitrogens with one attached hydrogen (secondary N) is 3. The van der Waals surface area contributed by atoms with Crippen LogP contribution in [0.3, 0.4) is 0 Å². The molecule has 5 heterocycles. The molecule has 4 N–H and O–H groups in total. The molecule has 232 valence electrons. The van der Waals surface area contributed by atoms with Gasteiger partial charge in [0.2, 0.25) is 5.95 Å². The van der Waals surface area contributed by atoms with Crippen LogP contribution in [0, 0.1) is 18.6 Å². The lowest BCUT2D eigenvalue weighted by atomic mass is 10.0. The first-order valence-corrected chi connectivity index (χ1v) is 14.6. The van der Waals surface area contributed by atoms with Crippen molar-refractivity contribution in [2.24, 2.45) is 0 Å². The summed E-state index contributed by atoms with van der Waals surface area (Å²) in [6.45, 7) is 7.38. The Morgan fingerprint density at radius 1 is 0.956 bits per heavy atom. The Bertz CT molecular complexity index is 1840. The average Bonchev–Trinajstić information content (AvgIpc) is 3.39. The maximum Gasteiger partial charge on any atom is 0.276 e. The van der Waals surface area contributed by atoms with Gasteiger partial charge in [0.25, 0.3) is 5.91 Å². The fourth-order valence-corrected chi connectivity index (χ4v) is 5.62. The maximum absolute atomic E-state index is 15.0. The summed E-state index contributed by atoms with van der Waals surface area (Å²) in [5.41, 5.74) is 3.88. The number of benzene rings is 1. The van der Waals surface area contributed by atoms with Gasteiger partial charge in [-0.3, -0.25) is 10.0 Å². The Morgan fingerprint density at radius 3 is 2.38 bits per heavy atom. The number of carbonyl (C=O) groups excluding carboxylic acids is 1. The third kappa shape index (κ3) is 6.22. The van der Waals surface area contributed by atoms with Crippen LogP contribution in [0.1, 0.15) is 48.9 Å². The van der Waals surface area contributed by atoms with E-state index in [9.17, 15) is 9.18 Å². The summed E-state index contributed by atoms with van der Waals surface area (Å²) in [5.74, 6) is 0.119. The first-order valence-electron chi connectivity index (χ1n) is 14.6. The highest BCUT2D eigenvalue weighted by Gasteiger charge is 2.21. The lowest BCUT2D eigenvalue weighted by Crippen LogP contribution is -2.39. The van der Waals surface area contributed by atoms with E-state index in [1.54, 1.807) is 35.9 Å². The highest BCUT2D eigenvalue weighted by molar-refractivity contribution is 5.93. The van der Waals surface area contributed by atoms with Crippen molar-refractivity contribution in [3.05, 3.63) is 78.0 Å². The normalized spacial score (nSPS) is 13.8. The number of carbonyl (C=O) groups is 1. The van der Waals surface area contributed by atoms with Gasteiger partial charge in [-0.15, -0.1) is 0 Å². The molecule has 5 aromatic rings. The molecule has 0 radical (unpaired) electrons. The number of aromatic nitrogens is 6. The molecule has 1 aliphatic rings. The number of imidazole rings is 1. The number of nitrogens with zero attached hydrogens (tertiary/aromatic N) is 7. The first-order chi connectivity index (χ1) is 21.7. The number of aryl methyl sites for hydroxylation is 1. The molecule has 4 aromatic heterocycles. The standard InChI is InChI=1S/C31H32F2N10O2/c1-17(2)43-18(3)37-29-23(32)12-20(13-25(29)43)28-24(33)16-36-31(40-28)39-27-7-5-22(15-35-27)42-10-8-21(9-11-42)38-26-6-4-19(14-34-26)30(44)41-45/h4-7,12-17,21,45H,8-11H2,1-3H3,(H,34,38)(H,41,44)(H,35,36,39,40). The van der Waals surface area contributed by atoms with E-state index in [1.807, 2.05) is 31.4 Å². The Kier molecular flexibility index (Phi) is 8.22. The number of pyridine rings is 2. The zero-order valence-corrected chi connectivity index (χ0v) is 24.9. The summed E-state index contributed by atoms with van der Waals surface area (Å²) >= 11 is 0. The number of rotatable bonds is 8. The molecule has 0 spiro atoms. The summed E-state index contributed by atoms with van der Waals surface area (Å²) in [4.78, 5) is 35.2. The minimum absolute atomic E-state index is 0.0302. The first kappa shape index (κ1) is 29.8. The topological polar surface area (TPSA) is 146 Å². The zero-order valence-electron chi connectivity index (χ0n) is 24.9. The fourth-order valence-electron chi connectivity index (χ4n) is 5.62. The van der Waals surface area contributed by atoms with Crippen molar-refractivity contribution in [1.82, 2.24) is 35.0 Å². The van der Waals surface area contributed by atoms with Crippen LogP contribution in [-0.2, 0) is 0 Å². The van der Waals surface area contributed by atoms with Crippen LogP contribution in [0.2, 0.25) is 0 Å². The molecule has 12 nitrogen and oxygen atoms in total. The number of halogens is 2. The summed E-state index contributed by atoms with van der Waals surface area (Å²) in [6, 6.07) is 10.2. The van der Waals surface area contributed by atoms with Gasteiger partial charge < -0.3 is 20.1 Å². The second-order valence-corrected chi connectivity index (χ2v) is 11.1. The minimum Gasteiger partial charge on any atom is -0.370 e. The highest BCUT2D eigenvalue weighted by atomic mass is 19.1. The predicted molar refractivity (Wildman–Crippen MR) is 166 cm³/mol. The number of hydroxylamine groups is 1. The van der Waals surface area contributed by atoms with Crippen LogP contribution in [0.5, 0.6) is 0 Å². The molecule has 0 unspecified atom stereocenters. The lowest BCUT2D eigenvalue weighted by molar-refractivity contribution is 0.0706. The van der Waals surface area contributed by atoms with Crippen LogP contribution in [0.4, 0.5) is 32.1 Å². The molecule has 1 aromatic carbocycles. The van der Waals surface area contributed by atoms with Crippen molar-refractivity contribution in [3.63, 3.8) is 0 Å². The Labute approximate surface area is 257 Å². The fraction of sp³-hybridized carbons (Fsp3) is 0.290. The molecular weight excluding hydrogens is 582 g/mol. The van der Waals surface area contributed by atoms with Crippen LogP contribution in [-0.4, -0.2) is 59.7 Å². The van der Waals surface area contributed by atoms with Crippen molar-refractivity contribution in [2.75, 3.05) is 28.6 Å². The largest absolute Gasteiger partial charge is 0.370 e. The van der Waals surface area contributed by atoms with Crippen molar-refractivity contribution in [2.45, 2.75) is 45.7 Å². The number of fused-ring (bicyclic) bond motifs is 1. The highest BCUT2D eigenvalue weighted by Crippen LogP contribution is 2.31. The van der Waals surface area contributed by atoms with Crippen LogP contribution < -0.4 is 21.0 Å². The number of hydrogen-bond acceptors (Lipinski definition) is 10. The number of hydrogen-bond donors (Lipinski definition) is 4. The van der Waals surface area contributed by atoms with Gasteiger partial charge in [-0.2, -0.15) is 0 Å². The predicted octanol–water partition coefficient (Wildman–Crippen LogP) is 5.39. The second kappa shape index (κ2) is 12.4. The van der Waals surface area contributed by atoms with Gasteiger partial charge in [-0.05, 0) is 70.0 Å². The Balaban J connectivity index is 1.10. The molecule has 1 saturated heterocycles. The van der Waals surface area contributed by atoms with Crippen molar-refractivity contribution in [1.29, 1.82) is 0 Å². The molecule has 0 atom stereocenters. The molecule has 45 heavy (non-hydrogen) atoms. The molecule has 0 saturated carbocycles. The molecule has 1 aliphatic heterocycles. The van der Waals surface area contributed by atoms with Crippen molar-refractivity contribution < 1.29 is 18.8 Å². The molecule has 6 rings (SSSR count). The quantitative estimate of drug-likeness (QED) is 0.132. The molecule has 14 heteroatoms. The summed E-state index contributed by atoms with van der Waals surface area (Å²) in [7, 11) is 0. The van der Waals surface area contributed by atoms with Crippen molar-refractivity contribution in [3.8, 4) is 11.3 Å². The van der Waals surface area contributed by atoms with Gasteiger partial charge >= 0.3 is 0 Å². The van der Waals surface area contributed by atoms with Gasteiger partial charge in [0.1, 0.15) is 28.7 Å². The van der Waals surface area contributed by atoms with Crippen LogP contribution >= 0.6 is 0 Å². The maximum atomic E-state index is 15.0. The summed E-state index contributed by atoms with van der Waals surface area (Å²) < 4.78 is 31.8. The second-order valence-electron chi connectivity index (χ2n) is 11.1. The van der Waals surface area contributed by atoms with Gasteiger partial charge in [-0.1, -0.05) is 0 Å². The number of piperidine rings is 1. The van der Waals surface area contributed by atoms with Crippen molar-refractivity contribution >= 4 is 40.2 Å². The number of amides is 1. The Hall–Kier alpha value is -5.24. The monoisotopic (exact) mass is 614 g/mol. The van der Waals surface area contributed by atoms with Crippen LogP contribution in [0.25, 0.3) is 22.3 Å². The van der Waals surface area contributed by atoms with Gasteiger partial charge in [0.05, 0.1) is 29.2 Å². The van der Waals surface area contributed by atoms with Gasteiger partial charge in [-0.25, -0.2) is 39.2 Å². The molecule has 0 aliphatic carbocycles. The zero-order chi connectivity index (χ0) is 31.7. The molecule has 1 fully saturated rings. The molecule has 1 amide bonds. The SMILES string of the molecule is Cc1nc2c(F)cc(-c3nc(Nc4ccc(N5CCC(Nc6ccc(C(=O)NO)cn6)CC5)cn4)ncc3F)cc2n1C(C)C. The van der Waals surface area contributed by atoms with E-state index < -0.39 is 17.5 Å². The van der Waals surface area contributed by atoms with E-state index in [-0.39, 0.29) is 40.4 Å². The van der Waals surface area contributed by atoms with Crippen LogP contribution in [0.15, 0.2) is 55.0 Å². The van der Waals surface area contributed by atoms with Gasteiger partial charge in [0.15, 0.2) is 11.6 Å². The van der Waals surface area contributed by atoms with E-state index in [0.29, 0.717) is 23.0 Å². The van der Waals surface area contributed by atoms with E-state index in [0.717, 1.165) is 37.8 Å².